The Morgan fingerprint density at radius 1 is 1.70 bits per heavy atom. The van der Waals surface area contributed by atoms with Crippen LogP contribution in [0.2, 0.25) is 0 Å². The maximum absolute atomic E-state index is 10.6. The maximum atomic E-state index is 10.6. The Hall–Kier alpha value is -1.16. The number of likely N-dealkylation sites (N-methyl/N-ethyl adjacent to an activating group) is 1. The molecule has 0 aliphatic carbocycles. The summed E-state index contributed by atoms with van der Waals surface area (Å²) in [7, 11) is 1.36. The van der Waals surface area contributed by atoms with Gasteiger partial charge in [-0.1, -0.05) is 6.58 Å². The van der Waals surface area contributed by atoms with Crippen LogP contribution in [0.15, 0.2) is 12.7 Å². The molecule has 10 heavy (non-hydrogen) atoms. The zero-order valence-electron chi connectivity index (χ0n) is 5.83. The zero-order chi connectivity index (χ0) is 8.15. The van der Waals surface area contributed by atoms with Crippen molar-refractivity contribution in [1.29, 1.82) is 0 Å². The molecule has 0 aromatic rings. The molecule has 0 aliphatic heterocycles. The SMILES string of the molecule is C=CC(=O)N(C)C(=O)CN. The average Bonchev–Trinajstić information content (AvgIpc) is 2.00. The van der Waals surface area contributed by atoms with E-state index in [2.05, 4.69) is 6.58 Å². The van der Waals surface area contributed by atoms with Crippen molar-refractivity contribution < 1.29 is 9.59 Å². The fourth-order valence-electron chi connectivity index (χ4n) is 0.397. The van der Waals surface area contributed by atoms with Crippen LogP contribution < -0.4 is 5.73 Å². The molecule has 4 heteroatoms. The van der Waals surface area contributed by atoms with Crippen LogP contribution in [0.1, 0.15) is 0 Å². The minimum Gasteiger partial charge on any atom is -0.322 e. The summed E-state index contributed by atoms with van der Waals surface area (Å²) in [6.07, 6.45) is 1.06. The molecule has 0 heterocycles. The summed E-state index contributed by atoms with van der Waals surface area (Å²) in [6, 6.07) is 0. The number of hydrogen-bond acceptors (Lipinski definition) is 3. The maximum Gasteiger partial charge on any atom is 0.252 e. The van der Waals surface area contributed by atoms with Crippen molar-refractivity contribution in [1.82, 2.24) is 4.90 Å². The van der Waals surface area contributed by atoms with Crippen LogP contribution in [-0.4, -0.2) is 30.3 Å². The normalized spacial score (nSPS) is 8.60. The minimum absolute atomic E-state index is 0.157. The van der Waals surface area contributed by atoms with Gasteiger partial charge in [0.25, 0.3) is 5.91 Å². The summed E-state index contributed by atoms with van der Waals surface area (Å²) in [5, 5.41) is 0. The van der Waals surface area contributed by atoms with E-state index in [1.54, 1.807) is 0 Å². The standard InChI is InChI=1S/C6H10N2O2/c1-3-5(9)8(2)6(10)4-7/h3H,1,4,7H2,2H3. The lowest BCUT2D eigenvalue weighted by Crippen LogP contribution is -2.36. The average molecular weight is 142 g/mol. The third-order valence-electron chi connectivity index (χ3n) is 1.05. The lowest BCUT2D eigenvalue weighted by molar-refractivity contribution is -0.139. The molecule has 0 spiro atoms. The molecule has 0 atom stereocenters. The molecule has 0 bridgehead atoms. The van der Waals surface area contributed by atoms with Gasteiger partial charge in [-0.05, 0) is 6.08 Å². The summed E-state index contributed by atoms with van der Waals surface area (Å²) >= 11 is 0. The molecule has 0 radical (unpaired) electrons. The first-order valence-electron chi connectivity index (χ1n) is 2.76. The predicted molar refractivity (Wildman–Crippen MR) is 37.0 cm³/mol. The highest BCUT2D eigenvalue weighted by Gasteiger charge is 2.10. The quantitative estimate of drug-likeness (QED) is 0.509. The number of nitrogens with two attached hydrogens (primary N) is 1. The summed E-state index contributed by atoms with van der Waals surface area (Å²) in [5.41, 5.74) is 4.99. The van der Waals surface area contributed by atoms with Crippen molar-refractivity contribution in [3.63, 3.8) is 0 Å². The van der Waals surface area contributed by atoms with E-state index in [0.717, 1.165) is 11.0 Å². The van der Waals surface area contributed by atoms with E-state index < -0.39 is 11.8 Å². The van der Waals surface area contributed by atoms with Crippen molar-refractivity contribution in [3.8, 4) is 0 Å². The lowest BCUT2D eigenvalue weighted by atomic mass is 10.4. The van der Waals surface area contributed by atoms with Crippen molar-refractivity contribution in [2.24, 2.45) is 5.73 Å². The van der Waals surface area contributed by atoms with Crippen LogP contribution in [0.25, 0.3) is 0 Å². The molecule has 4 nitrogen and oxygen atoms in total. The Balaban J connectivity index is 4.06. The van der Waals surface area contributed by atoms with Crippen LogP contribution in [0, 0.1) is 0 Å². The molecule has 0 aromatic carbocycles. The monoisotopic (exact) mass is 142 g/mol. The second-order valence-corrected chi connectivity index (χ2v) is 1.70. The van der Waals surface area contributed by atoms with Gasteiger partial charge in [-0.15, -0.1) is 0 Å². The number of carbonyl (C=O) groups excluding carboxylic acids is 2. The molecule has 56 valence electrons. The molecule has 0 fully saturated rings. The Bertz CT molecular complexity index is 165. The van der Waals surface area contributed by atoms with E-state index in [1.807, 2.05) is 0 Å². The predicted octanol–water partition coefficient (Wildman–Crippen LogP) is -0.884. The molecule has 0 saturated carbocycles. The Morgan fingerprint density at radius 2 is 2.20 bits per heavy atom. The first-order valence-corrected chi connectivity index (χ1v) is 2.76. The summed E-state index contributed by atoms with van der Waals surface area (Å²) in [5.74, 6) is -0.847. The molecule has 0 rings (SSSR count). The van der Waals surface area contributed by atoms with Crippen LogP contribution in [-0.2, 0) is 9.59 Å². The number of amides is 2. The van der Waals surface area contributed by atoms with Gasteiger partial charge in [0, 0.05) is 7.05 Å². The Labute approximate surface area is 59.3 Å². The zero-order valence-corrected chi connectivity index (χ0v) is 5.83. The smallest absolute Gasteiger partial charge is 0.252 e. The Kier molecular flexibility index (Phi) is 3.35. The number of imide groups is 1. The van der Waals surface area contributed by atoms with Crippen molar-refractivity contribution in [3.05, 3.63) is 12.7 Å². The van der Waals surface area contributed by atoms with Gasteiger partial charge >= 0.3 is 0 Å². The van der Waals surface area contributed by atoms with E-state index in [1.165, 1.54) is 7.05 Å². The van der Waals surface area contributed by atoms with Crippen molar-refractivity contribution in [2.75, 3.05) is 13.6 Å². The van der Waals surface area contributed by atoms with Crippen LogP contribution in [0.5, 0.6) is 0 Å². The topological polar surface area (TPSA) is 63.4 Å². The van der Waals surface area contributed by atoms with Gasteiger partial charge in [0.1, 0.15) is 0 Å². The fourth-order valence-corrected chi connectivity index (χ4v) is 0.397. The van der Waals surface area contributed by atoms with E-state index in [9.17, 15) is 9.59 Å². The van der Waals surface area contributed by atoms with Gasteiger partial charge in [0.15, 0.2) is 0 Å². The molecular weight excluding hydrogens is 132 g/mol. The van der Waals surface area contributed by atoms with E-state index in [0.29, 0.717) is 0 Å². The number of nitrogens with zero attached hydrogens (tertiary/aromatic N) is 1. The van der Waals surface area contributed by atoms with E-state index in [-0.39, 0.29) is 6.54 Å². The first-order chi connectivity index (χ1) is 4.63. The summed E-state index contributed by atoms with van der Waals surface area (Å²) in [4.78, 5) is 22.2. The molecule has 0 saturated heterocycles. The molecule has 2 N–H and O–H groups in total. The van der Waals surface area contributed by atoms with Gasteiger partial charge in [0.2, 0.25) is 5.91 Å². The highest BCUT2D eigenvalue weighted by molar-refractivity contribution is 6.00. The van der Waals surface area contributed by atoms with Gasteiger partial charge in [-0.2, -0.15) is 0 Å². The molecule has 2 amide bonds. The van der Waals surface area contributed by atoms with E-state index in [4.69, 9.17) is 5.73 Å². The number of carbonyl (C=O) groups is 2. The van der Waals surface area contributed by atoms with Crippen molar-refractivity contribution in [2.45, 2.75) is 0 Å². The highest BCUT2D eigenvalue weighted by Crippen LogP contribution is 1.84. The largest absolute Gasteiger partial charge is 0.322 e. The summed E-state index contributed by atoms with van der Waals surface area (Å²) < 4.78 is 0. The molecule has 0 aliphatic rings. The molecule has 0 aromatic heterocycles. The Morgan fingerprint density at radius 3 is 2.50 bits per heavy atom. The van der Waals surface area contributed by atoms with Crippen LogP contribution in [0.3, 0.4) is 0 Å². The van der Waals surface area contributed by atoms with E-state index >= 15 is 0 Å². The second kappa shape index (κ2) is 3.79. The molecular formula is C6H10N2O2. The second-order valence-electron chi connectivity index (χ2n) is 1.70. The third-order valence-corrected chi connectivity index (χ3v) is 1.05. The number of rotatable bonds is 2. The first kappa shape index (κ1) is 8.84. The van der Waals surface area contributed by atoms with Crippen LogP contribution >= 0.6 is 0 Å². The van der Waals surface area contributed by atoms with Gasteiger partial charge in [0.05, 0.1) is 6.54 Å². The third kappa shape index (κ3) is 1.99. The molecule has 0 unspecified atom stereocenters. The van der Waals surface area contributed by atoms with Crippen LogP contribution in [0.4, 0.5) is 0 Å². The van der Waals surface area contributed by atoms with Crippen molar-refractivity contribution >= 4 is 11.8 Å². The highest BCUT2D eigenvalue weighted by atomic mass is 16.2. The van der Waals surface area contributed by atoms with Gasteiger partial charge in [-0.25, -0.2) is 0 Å². The van der Waals surface area contributed by atoms with Gasteiger partial charge < -0.3 is 5.73 Å². The summed E-state index contributed by atoms with van der Waals surface area (Å²) in [6.45, 7) is 3.06. The number of hydrogen-bond donors (Lipinski definition) is 1. The fraction of sp³-hybridized carbons (Fsp3) is 0.333. The minimum atomic E-state index is -0.435. The van der Waals surface area contributed by atoms with Gasteiger partial charge in [-0.3, -0.25) is 14.5 Å². The lowest BCUT2D eigenvalue weighted by Gasteiger charge is -2.10.